The van der Waals surface area contributed by atoms with Crippen LogP contribution in [0.5, 0.6) is 0 Å². The third-order valence-electron chi connectivity index (χ3n) is 3.89. The molecule has 0 bridgehead atoms. The van der Waals surface area contributed by atoms with E-state index in [0.29, 0.717) is 18.3 Å². The minimum absolute atomic E-state index is 0.173. The third kappa shape index (κ3) is 2.82. The lowest BCUT2D eigenvalue weighted by molar-refractivity contribution is 0.0954. The molecule has 7 heteroatoms. The summed E-state index contributed by atoms with van der Waals surface area (Å²) in [5.41, 5.74) is 1.24. The molecule has 3 aromatic rings. The first-order chi connectivity index (χ1) is 11.8. The molecule has 1 aliphatic rings. The molecule has 2 aromatic heterocycles. The highest BCUT2D eigenvalue weighted by atomic mass is 32.2. The van der Waals surface area contributed by atoms with Gasteiger partial charge in [0.15, 0.2) is 10.9 Å². The summed E-state index contributed by atoms with van der Waals surface area (Å²) in [5.74, 6) is 1.57. The van der Waals surface area contributed by atoms with Crippen LogP contribution in [0.15, 0.2) is 58.3 Å². The van der Waals surface area contributed by atoms with E-state index in [1.807, 2.05) is 22.8 Å². The molecule has 122 valence electrons. The molecule has 0 unspecified atom stereocenters. The SMILES string of the molecule is O=C(c1ccco1)N1CCCn2c(SCc3ccccc3)nnc21. The van der Waals surface area contributed by atoms with Crippen molar-refractivity contribution in [2.45, 2.75) is 23.9 Å². The summed E-state index contributed by atoms with van der Waals surface area (Å²) in [7, 11) is 0. The summed E-state index contributed by atoms with van der Waals surface area (Å²) in [6.07, 6.45) is 2.37. The van der Waals surface area contributed by atoms with Crippen molar-refractivity contribution in [1.29, 1.82) is 0 Å². The molecule has 24 heavy (non-hydrogen) atoms. The van der Waals surface area contributed by atoms with E-state index in [2.05, 4.69) is 22.3 Å². The van der Waals surface area contributed by atoms with E-state index in [1.165, 1.54) is 11.8 Å². The Morgan fingerprint density at radius 2 is 2.00 bits per heavy atom. The topological polar surface area (TPSA) is 64.2 Å². The maximum Gasteiger partial charge on any atom is 0.296 e. The number of hydrogen-bond acceptors (Lipinski definition) is 5. The van der Waals surface area contributed by atoms with Crippen molar-refractivity contribution in [3.63, 3.8) is 0 Å². The van der Waals surface area contributed by atoms with Crippen molar-refractivity contribution >= 4 is 23.6 Å². The van der Waals surface area contributed by atoms with Gasteiger partial charge in [-0.25, -0.2) is 0 Å². The normalized spacial score (nSPS) is 13.8. The maximum atomic E-state index is 12.6. The lowest BCUT2D eigenvalue weighted by Gasteiger charge is -2.26. The van der Waals surface area contributed by atoms with Crippen molar-refractivity contribution < 1.29 is 9.21 Å². The van der Waals surface area contributed by atoms with Gasteiger partial charge in [-0.05, 0) is 24.1 Å². The van der Waals surface area contributed by atoms with Crippen LogP contribution in [0.3, 0.4) is 0 Å². The van der Waals surface area contributed by atoms with Crippen molar-refractivity contribution in [1.82, 2.24) is 14.8 Å². The Hall–Kier alpha value is -2.54. The lowest BCUT2D eigenvalue weighted by atomic mass is 10.2. The molecule has 4 rings (SSSR count). The summed E-state index contributed by atoms with van der Waals surface area (Å²) in [4.78, 5) is 14.2. The smallest absolute Gasteiger partial charge is 0.296 e. The van der Waals surface area contributed by atoms with Gasteiger partial charge in [0.25, 0.3) is 5.91 Å². The van der Waals surface area contributed by atoms with E-state index in [-0.39, 0.29) is 5.91 Å². The minimum Gasteiger partial charge on any atom is -0.459 e. The zero-order valence-corrected chi connectivity index (χ0v) is 13.8. The Morgan fingerprint density at radius 1 is 1.12 bits per heavy atom. The van der Waals surface area contributed by atoms with Gasteiger partial charge in [-0.2, -0.15) is 0 Å². The number of furan rings is 1. The summed E-state index contributed by atoms with van der Waals surface area (Å²) >= 11 is 1.63. The number of benzene rings is 1. The van der Waals surface area contributed by atoms with E-state index in [0.717, 1.165) is 23.9 Å². The minimum atomic E-state index is -0.173. The van der Waals surface area contributed by atoms with Gasteiger partial charge in [0, 0.05) is 18.8 Å². The Balaban J connectivity index is 1.55. The number of hydrogen-bond donors (Lipinski definition) is 0. The summed E-state index contributed by atoms with van der Waals surface area (Å²) in [6, 6.07) is 13.6. The van der Waals surface area contributed by atoms with Gasteiger partial charge in [-0.1, -0.05) is 42.1 Å². The molecule has 0 saturated heterocycles. The van der Waals surface area contributed by atoms with Crippen molar-refractivity contribution in [2.24, 2.45) is 0 Å². The molecule has 1 amide bonds. The number of fused-ring (bicyclic) bond motifs is 1. The first-order valence-corrected chi connectivity index (χ1v) is 8.77. The molecule has 0 fully saturated rings. The molecular weight excluding hydrogens is 324 g/mol. The third-order valence-corrected chi connectivity index (χ3v) is 4.93. The van der Waals surface area contributed by atoms with Gasteiger partial charge in [-0.15, -0.1) is 10.2 Å². The highest BCUT2D eigenvalue weighted by Gasteiger charge is 2.29. The van der Waals surface area contributed by atoms with E-state index in [4.69, 9.17) is 4.42 Å². The second-order valence-corrected chi connectivity index (χ2v) is 6.44. The zero-order chi connectivity index (χ0) is 16.4. The van der Waals surface area contributed by atoms with Crippen LogP contribution in [-0.2, 0) is 12.3 Å². The lowest BCUT2D eigenvalue weighted by Crippen LogP contribution is -2.37. The molecule has 0 saturated carbocycles. The van der Waals surface area contributed by atoms with Gasteiger partial charge in [0.05, 0.1) is 6.26 Å². The zero-order valence-electron chi connectivity index (χ0n) is 13.0. The quantitative estimate of drug-likeness (QED) is 0.682. The van der Waals surface area contributed by atoms with E-state index in [9.17, 15) is 4.79 Å². The number of rotatable bonds is 4. The second kappa shape index (κ2) is 6.52. The molecule has 3 heterocycles. The average Bonchev–Trinajstić information content (AvgIpc) is 3.30. The fraction of sp³-hybridized carbons (Fsp3) is 0.235. The summed E-state index contributed by atoms with van der Waals surface area (Å²) in [5, 5.41) is 9.35. The van der Waals surface area contributed by atoms with Gasteiger partial charge < -0.3 is 4.42 Å². The number of thioether (sulfide) groups is 1. The Labute approximate surface area is 143 Å². The van der Waals surface area contributed by atoms with E-state index < -0.39 is 0 Å². The van der Waals surface area contributed by atoms with Crippen LogP contribution in [0.1, 0.15) is 22.5 Å². The van der Waals surface area contributed by atoms with Gasteiger partial charge >= 0.3 is 0 Å². The number of carbonyl (C=O) groups is 1. The number of aromatic nitrogens is 3. The number of nitrogens with zero attached hydrogens (tertiary/aromatic N) is 4. The maximum absolute atomic E-state index is 12.6. The van der Waals surface area contributed by atoms with Crippen molar-refractivity contribution in [3.8, 4) is 0 Å². The van der Waals surface area contributed by atoms with E-state index in [1.54, 1.807) is 28.8 Å². The first kappa shape index (κ1) is 15.0. The Bertz CT molecular complexity index is 830. The summed E-state index contributed by atoms with van der Waals surface area (Å²) in [6.45, 7) is 1.45. The largest absolute Gasteiger partial charge is 0.459 e. The molecule has 0 radical (unpaired) electrons. The molecular formula is C17H16N4O2S. The number of carbonyl (C=O) groups excluding carboxylic acids is 1. The van der Waals surface area contributed by atoms with Crippen LogP contribution in [0.4, 0.5) is 5.95 Å². The number of anilines is 1. The van der Waals surface area contributed by atoms with Gasteiger partial charge in [-0.3, -0.25) is 14.3 Å². The second-order valence-electron chi connectivity index (χ2n) is 5.50. The predicted molar refractivity (Wildman–Crippen MR) is 91.0 cm³/mol. The molecule has 0 spiro atoms. The van der Waals surface area contributed by atoms with Gasteiger partial charge in [0.2, 0.25) is 5.95 Å². The Kier molecular flexibility index (Phi) is 4.08. The number of amides is 1. The fourth-order valence-electron chi connectivity index (χ4n) is 2.72. The van der Waals surface area contributed by atoms with Crippen LogP contribution < -0.4 is 4.90 Å². The van der Waals surface area contributed by atoms with Gasteiger partial charge in [0.1, 0.15) is 0 Å². The summed E-state index contributed by atoms with van der Waals surface area (Å²) < 4.78 is 7.23. The van der Waals surface area contributed by atoms with Crippen molar-refractivity contribution in [3.05, 3.63) is 60.1 Å². The van der Waals surface area contributed by atoms with Crippen LogP contribution in [0, 0.1) is 0 Å². The Morgan fingerprint density at radius 3 is 2.79 bits per heavy atom. The first-order valence-electron chi connectivity index (χ1n) is 7.78. The van der Waals surface area contributed by atoms with Crippen LogP contribution >= 0.6 is 11.8 Å². The molecule has 6 nitrogen and oxygen atoms in total. The van der Waals surface area contributed by atoms with E-state index >= 15 is 0 Å². The monoisotopic (exact) mass is 340 g/mol. The average molecular weight is 340 g/mol. The standard InChI is InChI=1S/C17H16N4O2S/c22-15(14-8-4-11-23-14)20-9-5-10-21-16(20)18-19-17(21)24-12-13-6-2-1-3-7-13/h1-4,6-8,11H,5,9-10,12H2. The fourth-order valence-corrected chi connectivity index (χ4v) is 3.63. The van der Waals surface area contributed by atoms with Crippen molar-refractivity contribution in [2.75, 3.05) is 11.4 Å². The molecule has 0 N–H and O–H groups in total. The molecule has 1 aliphatic heterocycles. The van der Waals surface area contributed by atoms with Crippen LogP contribution in [0.25, 0.3) is 0 Å². The molecule has 0 atom stereocenters. The highest BCUT2D eigenvalue weighted by Crippen LogP contribution is 2.28. The molecule has 0 aliphatic carbocycles. The molecule has 1 aromatic carbocycles. The highest BCUT2D eigenvalue weighted by molar-refractivity contribution is 7.98. The predicted octanol–water partition coefficient (Wildman–Crippen LogP) is 3.21. The van der Waals surface area contributed by atoms with Crippen LogP contribution in [0.2, 0.25) is 0 Å². The van der Waals surface area contributed by atoms with Crippen LogP contribution in [-0.4, -0.2) is 27.2 Å².